The lowest BCUT2D eigenvalue weighted by Gasteiger charge is -2.26. The fourth-order valence-corrected chi connectivity index (χ4v) is 3.38. The SMILES string of the molecule is O=C(C#Cc1ccc(C(F)(F)F)cc1Cl)Nc1ccc(CN2CCCCC2)cc1. The molecule has 1 saturated heterocycles. The van der Waals surface area contributed by atoms with Crippen LogP contribution in [0.2, 0.25) is 5.02 Å². The number of likely N-dealkylation sites (tertiary alicyclic amines) is 1. The molecule has 0 radical (unpaired) electrons. The van der Waals surface area contributed by atoms with Crippen molar-refractivity contribution in [3.8, 4) is 11.8 Å². The Kier molecular flexibility index (Phi) is 6.83. The number of hydrogen-bond acceptors (Lipinski definition) is 2. The van der Waals surface area contributed by atoms with Crippen molar-refractivity contribution in [1.29, 1.82) is 0 Å². The number of halogens is 4. The molecular formula is C22H20ClF3N2O. The normalized spacial score (nSPS) is 14.8. The zero-order valence-electron chi connectivity index (χ0n) is 15.7. The molecule has 1 fully saturated rings. The average molecular weight is 421 g/mol. The highest BCUT2D eigenvalue weighted by Crippen LogP contribution is 2.31. The quantitative estimate of drug-likeness (QED) is 0.680. The minimum Gasteiger partial charge on any atom is -0.315 e. The number of hydrogen-bond donors (Lipinski definition) is 1. The summed E-state index contributed by atoms with van der Waals surface area (Å²) in [6, 6.07) is 10.4. The molecule has 3 nitrogen and oxygen atoms in total. The molecule has 29 heavy (non-hydrogen) atoms. The molecule has 1 N–H and O–H groups in total. The average Bonchev–Trinajstić information content (AvgIpc) is 2.68. The van der Waals surface area contributed by atoms with E-state index >= 15 is 0 Å². The number of carbonyl (C=O) groups is 1. The highest BCUT2D eigenvalue weighted by molar-refractivity contribution is 6.31. The largest absolute Gasteiger partial charge is 0.416 e. The van der Waals surface area contributed by atoms with Crippen LogP contribution in [-0.4, -0.2) is 23.9 Å². The van der Waals surface area contributed by atoms with E-state index in [-0.39, 0.29) is 10.6 Å². The second-order valence-electron chi connectivity index (χ2n) is 6.93. The molecule has 0 aliphatic carbocycles. The first-order valence-electron chi connectivity index (χ1n) is 9.32. The Hall–Kier alpha value is -2.49. The van der Waals surface area contributed by atoms with E-state index in [1.54, 1.807) is 0 Å². The highest BCUT2D eigenvalue weighted by Gasteiger charge is 2.30. The fourth-order valence-electron chi connectivity index (χ4n) is 3.15. The van der Waals surface area contributed by atoms with Gasteiger partial charge >= 0.3 is 12.1 Å². The number of rotatable bonds is 3. The Bertz CT molecular complexity index is 924. The second-order valence-corrected chi connectivity index (χ2v) is 7.34. The summed E-state index contributed by atoms with van der Waals surface area (Å²) in [6.07, 6.45) is -0.723. The van der Waals surface area contributed by atoms with Gasteiger partial charge in [-0.05, 0) is 61.8 Å². The van der Waals surface area contributed by atoms with Gasteiger partial charge < -0.3 is 5.32 Å². The lowest BCUT2D eigenvalue weighted by molar-refractivity contribution is -0.137. The van der Waals surface area contributed by atoms with Crippen LogP contribution in [0.25, 0.3) is 0 Å². The monoisotopic (exact) mass is 420 g/mol. The molecule has 7 heteroatoms. The van der Waals surface area contributed by atoms with Crippen LogP contribution < -0.4 is 5.32 Å². The van der Waals surface area contributed by atoms with Crippen LogP contribution in [0.15, 0.2) is 42.5 Å². The van der Waals surface area contributed by atoms with Gasteiger partial charge in [-0.25, -0.2) is 0 Å². The van der Waals surface area contributed by atoms with E-state index in [1.165, 1.54) is 24.8 Å². The van der Waals surface area contributed by atoms with E-state index in [1.807, 2.05) is 24.3 Å². The molecule has 152 valence electrons. The molecule has 2 aromatic carbocycles. The molecule has 0 spiro atoms. The van der Waals surface area contributed by atoms with Crippen molar-refractivity contribution in [3.05, 3.63) is 64.2 Å². The Morgan fingerprint density at radius 1 is 1.07 bits per heavy atom. The Labute approximate surface area is 172 Å². The molecule has 0 saturated carbocycles. The van der Waals surface area contributed by atoms with Crippen molar-refractivity contribution in [2.75, 3.05) is 18.4 Å². The summed E-state index contributed by atoms with van der Waals surface area (Å²) in [5, 5.41) is 2.50. The maximum atomic E-state index is 12.7. The number of benzene rings is 2. The molecule has 0 aromatic heterocycles. The van der Waals surface area contributed by atoms with Gasteiger partial charge in [0.05, 0.1) is 10.6 Å². The van der Waals surface area contributed by atoms with Crippen LogP contribution >= 0.6 is 11.6 Å². The molecule has 1 aliphatic heterocycles. The van der Waals surface area contributed by atoms with Crippen molar-refractivity contribution in [2.24, 2.45) is 0 Å². The highest BCUT2D eigenvalue weighted by atomic mass is 35.5. The van der Waals surface area contributed by atoms with Gasteiger partial charge in [-0.1, -0.05) is 36.1 Å². The second kappa shape index (κ2) is 9.34. The molecule has 1 aliphatic rings. The third-order valence-corrected chi connectivity index (χ3v) is 4.99. The van der Waals surface area contributed by atoms with Gasteiger partial charge in [-0.3, -0.25) is 9.69 Å². The van der Waals surface area contributed by atoms with Crippen LogP contribution in [0.3, 0.4) is 0 Å². The molecule has 0 unspecified atom stereocenters. The lowest BCUT2D eigenvalue weighted by atomic mass is 10.1. The summed E-state index contributed by atoms with van der Waals surface area (Å²) in [5.41, 5.74) is 1.08. The summed E-state index contributed by atoms with van der Waals surface area (Å²) in [5.74, 6) is 4.30. The molecule has 0 atom stereocenters. The molecule has 0 bridgehead atoms. The van der Waals surface area contributed by atoms with Gasteiger partial charge in [0.25, 0.3) is 0 Å². The van der Waals surface area contributed by atoms with Gasteiger partial charge in [0.1, 0.15) is 0 Å². The third-order valence-electron chi connectivity index (χ3n) is 4.67. The van der Waals surface area contributed by atoms with Crippen LogP contribution in [0.4, 0.5) is 18.9 Å². The van der Waals surface area contributed by atoms with Crippen molar-refractivity contribution in [3.63, 3.8) is 0 Å². The van der Waals surface area contributed by atoms with Crippen LogP contribution in [-0.2, 0) is 17.5 Å². The first-order valence-corrected chi connectivity index (χ1v) is 9.70. The Morgan fingerprint density at radius 2 is 1.76 bits per heavy atom. The van der Waals surface area contributed by atoms with Gasteiger partial charge in [0.15, 0.2) is 0 Å². The molecule has 1 heterocycles. The van der Waals surface area contributed by atoms with E-state index in [0.29, 0.717) is 5.69 Å². The van der Waals surface area contributed by atoms with Gasteiger partial charge in [-0.15, -0.1) is 0 Å². The molecule has 1 amide bonds. The number of nitrogens with one attached hydrogen (secondary N) is 1. The van der Waals surface area contributed by atoms with E-state index in [2.05, 4.69) is 22.1 Å². The summed E-state index contributed by atoms with van der Waals surface area (Å²) in [4.78, 5) is 14.4. The van der Waals surface area contributed by atoms with E-state index in [9.17, 15) is 18.0 Å². The number of carbonyl (C=O) groups excluding carboxylic acids is 1. The molecule has 3 rings (SSSR count). The predicted octanol–water partition coefficient (Wildman–Crippen LogP) is 5.33. The number of nitrogens with zero attached hydrogens (tertiary/aromatic N) is 1. The van der Waals surface area contributed by atoms with Crippen molar-refractivity contribution < 1.29 is 18.0 Å². The standard InChI is InChI=1S/C22H20ClF3N2O/c23-20-14-18(22(24,25)26)8-6-17(20)7-11-21(29)27-19-9-4-16(5-10-19)15-28-12-2-1-3-13-28/h4-6,8-10,14H,1-3,12-13,15H2,(H,27,29). The Balaban J connectivity index is 1.58. The summed E-state index contributed by atoms with van der Waals surface area (Å²) in [7, 11) is 0. The number of piperidine rings is 1. The van der Waals surface area contributed by atoms with E-state index in [0.717, 1.165) is 37.8 Å². The van der Waals surface area contributed by atoms with Crippen LogP contribution in [0.1, 0.15) is 36.0 Å². The van der Waals surface area contributed by atoms with Gasteiger partial charge in [0, 0.05) is 23.7 Å². The van der Waals surface area contributed by atoms with Crippen molar-refractivity contribution >= 4 is 23.2 Å². The topological polar surface area (TPSA) is 32.3 Å². The molecule has 2 aromatic rings. The maximum absolute atomic E-state index is 12.7. The van der Waals surface area contributed by atoms with Crippen molar-refractivity contribution in [2.45, 2.75) is 32.0 Å². The number of alkyl halides is 3. The van der Waals surface area contributed by atoms with E-state index in [4.69, 9.17) is 11.6 Å². The fraction of sp³-hybridized carbons (Fsp3) is 0.318. The number of amides is 1. The first-order chi connectivity index (χ1) is 13.8. The van der Waals surface area contributed by atoms with Gasteiger partial charge in [-0.2, -0.15) is 13.2 Å². The summed E-state index contributed by atoms with van der Waals surface area (Å²) in [6.45, 7) is 3.11. The maximum Gasteiger partial charge on any atom is 0.416 e. The van der Waals surface area contributed by atoms with Crippen LogP contribution in [0.5, 0.6) is 0 Å². The predicted molar refractivity (Wildman–Crippen MR) is 108 cm³/mol. The Morgan fingerprint density at radius 3 is 2.38 bits per heavy atom. The summed E-state index contributed by atoms with van der Waals surface area (Å²) >= 11 is 5.84. The molecular weight excluding hydrogens is 401 g/mol. The number of anilines is 1. The minimum absolute atomic E-state index is 0.151. The zero-order valence-corrected chi connectivity index (χ0v) is 16.4. The zero-order chi connectivity index (χ0) is 20.9. The lowest BCUT2D eigenvalue weighted by Crippen LogP contribution is -2.29. The van der Waals surface area contributed by atoms with E-state index < -0.39 is 17.6 Å². The van der Waals surface area contributed by atoms with Crippen molar-refractivity contribution in [1.82, 2.24) is 4.90 Å². The van der Waals surface area contributed by atoms with Crippen LogP contribution in [0, 0.1) is 11.8 Å². The smallest absolute Gasteiger partial charge is 0.315 e. The summed E-state index contributed by atoms with van der Waals surface area (Å²) < 4.78 is 38.0. The third kappa shape index (κ3) is 6.25. The minimum atomic E-state index is -4.48. The first kappa shape index (κ1) is 21.2. The van der Waals surface area contributed by atoms with Gasteiger partial charge in [0.2, 0.25) is 0 Å².